The maximum Gasteiger partial charge on any atom is 0.0783 e. The van der Waals surface area contributed by atoms with E-state index in [1.54, 1.807) is 0 Å². The molecule has 0 bridgehead atoms. The first-order valence-electron chi connectivity index (χ1n) is 9.72. The average molecular weight is 367 g/mol. The standard InChI is InChI=1S/C26H26N2/c1-20(2)18-27-21(3)24-16-10-11-17-26(24)28-19-25(22-12-6-4-7-13-22)23-14-8-5-9-15-23/h4-18,20-21H,1-3H3/t21-/m0/s1. The van der Waals surface area contributed by atoms with Crippen LogP contribution in [0.4, 0.5) is 5.69 Å². The number of hydrogen-bond acceptors (Lipinski definition) is 2. The van der Waals surface area contributed by atoms with Gasteiger partial charge in [-0.25, -0.2) is 4.99 Å². The van der Waals surface area contributed by atoms with Crippen LogP contribution in [0.25, 0.3) is 5.57 Å². The summed E-state index contributed by atoms with van der Waals surface area (Å²) >= 11 is 0. The molecule has 0 amide bonds. The van der Waals surface area contributed by atoms with Gasteiger partial charge >= 0.3 is 0 Å². The van der Waals surface area contributed by atoms with Gasteiger partial charge in [0.05, 0.1) is 17.3 Å². The molecular formula is C26H26N2. The van der Waals surface area contributed by atoms with Crippen LogP contribution < -0.4 is 0 Å². The smallest absolute Gasteiger partial charge is 0.0783 e. The van der Waals surface area contributed by atoms with E-state index in [9.17, 15) is 0 Å². The number of para-hydroxylation sites is 1. The highest BCUT2D eigenvalue weighted by Gasteiger charge is 2.09. The Labute approximate surface area is 168 Å². The molecule has 3 aromatic rings. The predicted octanol–water partition coefficient (Wildman–Crippen LogP) is 6.91. The Bertz CT molecular complexity index is 938. The molecule has 28 heavy (non-hydrogen) atoms. The van der Waals surface area contributed by atoms with E-state index in [1.165, 1.54) is 0 Å². The zero-order valence-electron chi connectivity index (χ0n) is 16.7. The van der Waals surface area contributed by atoms with Crippen LogP contribution in [0.2, 0.25) is 0 Å². The second kappa shape index (κ2) is 9.64. The third kappa shape index (κ3) is 5.16. The monoisotopic (exact) mass is 366 g/mol. The molecule has 0 aliphatic heterocycles. The molecule has 2 nitrogen and oxygen atoms in total. The van der Waals surface area contributed by atoms with E-state index in [2.05, 4.69) is 62.0 Å². The first-order valence-corrected chi connectivity index (χ1v) is 9.72. The summed E-state index contributed by atoms with van der Waals surface area (Å²) in [4.78, 5) is 9.42. The van der Waals surface area contributed by atoms with E-state index in [0.717, 1.165) is 28.0 Å². The number of aliphatic imine (C=N–C) groups is 2. The van der Waals surface area contributed by atoms with E-state index in [-0.39, 0.29) is 6.04 Å². The van der Waals surface area contributed by atoms with Gasteiger partial charge in [-0.3, -0.25) is 4.99 Å². The first kappa shape index (κ1) is 19.5. The number of hydrogen-bond donors (Lipinski definition) is 0. The molecule has 0 aliphatic carbocycles. The molecule has 0 spiro atoms. The second-order valence-electron chi connectivity index (χ2n) is 7.11. The summed E-state index contributed by atoms with van der Waals surface area (Å²) in [7, 11) is 0. The summed E-state index contributed by atoms with van der Waals surface area (Å²) in [6.07, 6.45) is 2.00. The van der Waals surface area contributed by atoms with Crippen LogP contribution in [0.5, 0.6) is 0 Å². The first-order chi connectivity index (χ1) is 13.6. The molecule has 0 aliphatic rings. The van der Waals surface area contributed by atoms with Crippen molar-refractivity contribution in [2.24, 2.45) is 15.9 Å². The lowest BCUT2D eigenvalue weighted by Gasteiger charge is -2.10. The fraction of sp³-hybridized carbons (Fsp3) is 0.192. The van der Waals surface area contributed by atoms with Crippen LogP contribution in [0.1, 0.15) is 43.5 Å². The highest BCUT2D eigenvalue weighted by atomic mass is 14.8. The summed E-state index contributed by atoms with van der Waals surface area (Å²) in [6, 6.07) is 28.8. The highest BCUT2D eigenvalue weighted by molar-refractivity contribution is 5.99. The zero-order chi connectivity index (χ0) is 19.8. The molecule has 0 aromatic heterocycles. The number of nitrogens with zero attached hydrogens (tertiary/aromatic N) is 2. The van der Waals surface area contributed by atoms with E-state index in [0.29, 0.717) is 5.92 Å². The lowest BCUT2D eigenvalue weighted by Crippen LogP contribution is -1.94. The van der Waals surface area contributed by atoms with Gasteiger partial charge in [0, 0.05) is 11.8 Å². The Kier molecular flexibility index (Phi) is 6.73. The quantitative estimate of drug-likeness (QED) is 0.424. The normalized spacial score (nSPS) is 12.0. The van der Waals surface area contributed by atoms with Crippen molar-refractivity contribution in [2.45, 2.75) is 26.8 Å². The molecule has 0 saturated heterocycles. The summed E-state index contributed by atoms with van der Waals surface area (Å²) < 4.78 is 0. The third-order valence-corrected chi connectivity index (χ3v) is 4.41. The van der Waals surface area contributed by atoms with Crippen LogP contribution >= 0.6 is 0 Å². The summed E-state index contributed by atoms with van der Waals surface area (Å²) in [5, 5.41) is 0. The summed E-state index contributed by atoms with van der Waals surface area (Å²) in [6.45, 7) is 6.37. The number of benzene rings is 3. The van der Waals surface area contributed by atoms with Crippen LogP contribution in [0.3, 0.4) is 0 Å². The van der Waals surface area contributed by atoms with Crippen molar-refractivity contribution in [3.63, 3.8) is 0 Å². The van der Waals surface area contributed by atoms with Crippen LogP contribution in [0, 0.1) is 5.92 Å². The fourth-order valence-corrected chi connectivity index (χ4v) is 2.95. The maximum absolute atomic E-state index is 4.75. The van der Waals surface area contributed by atoms with Crippen LogP contribution in [0.15, 0.2) is 94.9 Å². The Morgan fingerprint density at radius 1 is 0.750 bits per heavy atom. The molecule has 0 saturated carbocycles. The van der Waals surface area contributed by atoms with Crippen molar-refractivity contribution in [1.29, 1.82) is 0 Å². The highest BCUT2D eigenvalue weighted by Crippen LogP contribution is 2.28. The Hall–Kier alpha value is -3.22. The Morgan fingerprint density at radius 2 is 1.29 bits per heavy atom. The van der Waals surface area contributed by atoms with Crippen molar-refractivity contribution < 1.29 is 0 Å². The van der Waals surface area contributed by atoms with E-state index >= 15 is 0 Å². The minimum absolute atomic E-state index is 0.0565. The molecule has 0 heterocycles. The molecule has 0 fully saturated rings. The third-order valence-electron chi connectivity index (χ3n) is 4.41. The maximum atomic E-state index is 4.75. The Morgan fingerprint density at radius 3 is 1.86 bits per heavy atom. The van der Waals surface area contributed by atoms with E-state index in [4.69, 9.17) is 4.99 Å². The van der Waals surface area contributed by atoms with Crippen molar-refractivity contribution in [2.75, 3.05) is 0 Å². The van der Waals surface area contributed by atoms with Gasteiger partial charge < -0.3 is 0 Å². The van der Waals surface area contributed by atoms with Crippen LogP contribution in [-0.4, -0.2) is 12.1 Å². The van der Waals surface area contributed by atoms with Gasteiger partial charge in [0.25, 0.3) is 0 Å². The van der Waals surface area contributed by atoms with Gasteiger partial charge in [0.15, 0.2) is 0 Å². The average Bonchev–Trinajstić information content (AvgIpc) is 2.74. The number of rotatable bonds is 6. The van der Waals surface area contributed by atoms with Gasteiger partial charge in [-0.05, 0) is 35.9 Å². The zero-order valence-corrected chi connectivity index (χ0v) is 16.7. The largest absolute Gasteiger partial charge is 0.289 e. The molecule has 0 N–H and O–H groups in total. The van der Waals surface area contributed by atoms with Gasteiger partial charge in [-0.2, -0.15) is 0 Å². The SMILES string of the molecule is CC(C)C=N[C@@H](C)c1ccccc1N=C=C(c1ccccc1)c1ccccc1. The molecule has 3 aromatic carbocycles. The van der Waals surface area contributed by atoms with Gasteiger partial charge in [-0.1, -0.05) is 92.7 Å². The lowest BCUT2D eigenvalue weighted by molar-refractivity contribution is 0.800. The van der Waals surface area contributed by atoms with Gasteiger partial charge in [0.1, 0.15) is 0 Å². The molecule has 2 heteroatoms. The van der Waals surface area contributed by atoms with E-state index < -0.39 is 0 Å². The van der Waals surface area contributed by atoms with Gasteiger partial charge in [-0.15, -0.1) is 0 Å². The second-order valence-corrected chi connectivity index (χ2v) is 7.11. The molecule has 3 rings (SSSR count). The minimum Gasteiger partial charge on any atom is -0.289 e. The van der Waals surface area contributed by atoms with Crippen molar-refractivity contribution >= 4 is 23.3 Å². The van der Waals surface area contributed by atoms with Crippen LogP contribution in [-0.2, 0) is 0 Å². The minimum atomic E-state index is 0.0565. The van der Waals surface area contributed by atoms with Crippen molar-refractivity contribution in [3.8, 4) is 0 Å². The lowest BCUT2D eigenvalue weighted by atomic mass is 9.99. The molecule has 0 unspecified atom stereocenters. The summed E-state index contributed by atoms with van der Waals surface area (Å²) in [5.74, 6) is 3.75. The van der Waals surface area contributed by atoms with Crippen molar-refractivity contribution in [3.05, 3.63) is 102 Å². The molecular weight excluding hydrogens is 340 g/mol. The summed E-state index contributed by atoms with van der Waals surface area (Å²) in [5.41, 5.74) is 5.18. The molecule has 140 valence electrons. The molecule has 1 atom stereocenters. The fourth-order valence-electron chi connectivity index (χ4n) is 2.95. The van der Waals surface area contributed by atoms with E-state index in [1.807, 2.05) is 60.8 Å². The molecule has 0 radical (unpaired) electrons. The Balaban J connectivity index is 2.07. The predicted molar refractivity (Wildman–Crippen MR) is 121 cm³/mol. The van der Waals surface area contributed by atoms with Gasteiger partial charge in [0.2, 0.25) is 0 Å². The van der Waals surface area contributed by atoms with Crippen molar-refractivity contribution in [1.82, 2.24) is 0 Å². The topological polar surface area (TPSA) is 24.7 Å².